The number of hydrogen-bond acceptors (Lipinski definition) is 3. The second-order valence-electron chi connectivity index (χ2n) is 5.54. The maximum Gasteiger partial charge on any atom is 0.0593 e. The predicted octanol–water partition coefficient (Wildman–Crippen LogP) is 1.59. The Morgan fingerprint density at radius 2 is 1.94 bits per heavy atom. The predicted molar refractivity (Wildman–Crippen MR) is 68.7 cm³/mol. The number of hydrogen-bond donors (Lipinski definition) is 1. The van der Waals surface area contributed by atoms with E-state index in [9.17, 15) is 0 Å². The van der Waals surface area contributed by atoms with Crippen LogP contribution >= 0.6 is 0 Å². The molecule has 1 aliphatic rings. The van der Waals surface area contributed by atoms with Crippen molar-refractivity contribution >= 4 is 0 Å². The van der Waals surface area contributed by atoms with Crippen LogP contribution in [0.25, 0.3) is 0 Å². The molecule has 0 aromatic carbocycles. The van der Waals surface area contributed by atoms with Gasteiger partial charge in [0.05, 0.1) is 13.2 Å². The van der Waals surface area contributed by atoms with Crippen molar-refractivity contribution in [1.82, 2.24) is 10.2 Å². The molecule has 0 aliphatic heterocycles. The lowest BCUT2D eigenvalue weighted by molar-refractivity contribution is 0.106. The highest BCUT2D eigenvalue weighted by molar-refractivity contribution is 4.86. The average molecular weight is 228 g/mol. The van der Waals surface area contributed by atoms with Gasteiger partial charge in [0.25, 0.3) is 0 Å². The molecule has 0 amide bonds. The molecule has 1 N–H and O–H groups in total. The van der Waals surface area contributed by atoms with Gasteiger partial charge in [0, 0.05) is 19.1 Å². The summed E-state index contributed by atoms with van der Waals surface area (Å²) in [7, 11) is 4.14. The number of ether oxygens (including phenoxy) is 1. The van der Waals surface area contributed by atoms with Crippen molar-refractivity contribution in [2.75, 3.05) is 40.4 Å². The highest BCUT2D eigenvalue weighted by atomic mass is 16.5. The van der Waals surface area contributed by atoms with Gasteiger partial charge in [-0.3, -0.25) is 0 Å². The van der Waals surface area contributed by atoms with Gasteiger partial charge in [-0.15, -0.1) is 0 Å². The van der Waals surface area contributed by atoms with Crippen LogP contribution in [0.3, 0.4) is 0 Å². The molecule has 1 aliphatic carbocycles. The first kappa shape index (κ1) is 13.9. The Bertz CT molecular complexity index is 177. The van der Waals surface area contributed by atoms with Gasteiger partial charge < -0.3 is 15.0 Å². The van der Waals surface area contributed by atoms with Crippen LogP contribution in [-0.2, 0) is 4.74 Å². The minimum atomic E-state index is 0.754. The third kappa shape index (κ3) is 5.28. The van der Waals surface area contributed by atoms with Crippen LogP contribution in [0.15, 0.2) is 0 Å². The second-order valence-corrected chi connectivity index (χ2v) is 5.54. The summed E-state index contributed by atoms with van der Waals surface area (Å²) in [6.45, 7) is 8.35. The lowest BCUT2D eigenvalue weighted by atomic mass is 9.74. The second kappa shape index (κ2) is 7.25. The SMILES string of the molecule is CC(C)C1CC(NCCOCCN(C)C)C1. The summed E-state index contributed by atoms with van der Waals surface area (Å²) in [6.07, 6.45) is 2.71. The van der Waals surface area contributed by atoms with E-state index in [2.05, 4.69) is 38.2 Å². The van der Waals surface area contributed by atoms with Gasteiger partial charge in [0.15, 0.2) is 0 Å². The molecule has 0 radical (unpaired) electrons. The van der Waals surface area contributed by atoms with Crippen LogP contribution in [0.1, 0.15) is 26.7 Å². The molecule has 1 saturated carbocycles. The van der Waals surface area contributed by atoms with Gasteiger partial charge in [0.1, 0.15) is 0 Å². The lowest BCUT2D eigenvalue weighted by Crippen LogP contribution is -2.44. The first-order valence-corrected chi connectivity index (χ1v) is 6.55. The fourth-order valence-electron chi connectivity index (χ4n) is 2.06. The minimum Gasteiger partial charge on any atom is -0.379 e. The van der Waals surface area contributed by atoms with E-state index in [1.165, 1.54) is 12.8 Å². The summed E-state index contributed by atoms with van der Waals surface area (Å²) in [6, 6.07) is 0.754. The first-order valence-electron chi connectivity index (χ1n) is 6.55. The summed E-state index contributed by atoms with van der Waals surface area (Å²) in [5.41, 5.74) is 0. The molecule has 0 saturated heterocycles. The number of nitrogens with zero attached hydrogens (tertiary/aromatic N) is 1. The Balaban J connectivity index is 1.83. The zero-order valence-corrected chi connectivity index (χ0v) is 11.3. The highest BCUT2D eigenvalue weighted by Crippen LogP contribution is 2.33. The lowest BCUT2D eigenvalue weighted by Gasteiger charge is -2.38. The fraction of sp³-hybridized carbons (Fsp3) is 1.00. The van der Waals surface area contributed by atoms with Gasteiger partial charge >= 0.3 is 0 Å². The summed E-state index contributed by atoms with van der Waals surface area (Å²) >= 11 is 0. The van der Waals surface area contributed by atoms with Crippen LogP contribution in [0, 0.1) is 11.8 Å². The van der Waals surface area contributed by atoms with E-state index in [4.69, 9.17) is 4.74 Å². The van der Waals surface area contributed by atoms with Crippen LogP contribution in [0.4, 0.5) is 0 Å². The Hall–Kier alpha value is -0.120. The molecule has 0 bridgehead atoms. The van der Waals surface area contributed by atoms with E-state index in [-0.39, 0.29) is 0 Å². The zero-order chi connectivity index (χ0) is 12.0. The minimum absolute atomic E-state index is 0.754. The van der Waals surface area contributed by atoms with Crippen LogP contribution in [-0.4, -0.2) is 51.3 Å². The molecular weight excluding hydrogens is 200 g/mol. The molecule has 1 fully saturated rings. The third-order valence-electron chi connectivity index (χ3n) is 3.48. The molecule has 3 nitrogen and oxygen atoms in total. The average Bonchev–Trinajstić information content (AvgIpc) is 2.12. The molecule has 0 atom stereocenters. The van der Waals surface area contributed by atoms with Crippen molar-refractivity contribution in [3.8, 4) is 0 Å². The first-order chi connectivity index (χ1) is 7.59. The Morgan fingerprint density at radius 1 is 1.25 bits per heavy atom. The largest absolute Gasteiger partial charge is 0.379 e. The van der Waals surface area contributed by atoms with E-state index in [1.54, 1.807) is 0 Å². The zero-order valence-electron chi connectivity index (χ0n) is 11.3. The van der Waals surface area contributed by atoms with Crippen molar-refractivity contribution in [3.63, 3.8) is 0 Å². The fourth-order valence-corrected chi connectivity index (χ4v) is 2.06. The van der Waals surface area contributed by atoms with E-state index >= 15 is 0 Å². The monoisotopic (exact) mass is 228 g/mol. The summed E-state index contributed by atoms with van der Waals surface area (Å²) in [5.74, 6) is 1.81. The summed E-state index contributed by atoms with van der Waals surface area (Å²) < 4.78 is 5.53. The molecule has 0 spiro atoms. The van der Waals surface area contributed by atoms with Crippen molar-refractivity contribution < 1.29 is 4.74 Å². The Kier molecular flexibility index (Phi) is 6.32. The molecule has 1 rings (SSSR count). The Morgan fingerprint density at radius 3 is 2.50 bits per heavy atom. The smallest absolute Gasteiger partial charge is 0.0593 e. The maximum atomic E-state index is 5.53. The van der Waals surface area contributed by atoms with Crippen molar-refractivity contribution in [2.24, 2.45) is 11.8 Å². The molecular formula is C13H28N2O. The van der Waals surface area contributed by atoms with E-state index in [1.807, 2.05) is 0 Å². The van der Waals surface area contributed by atoms with Gasteiger partial charge in [-0.1, -0.05) is 13.8 Å². The summed E-state index contributed by atoms with van der Waals surface area (Å²) in [4.78, 5) is 2.15. The van der Waals surface area contributed by atoms with Crippen molar-refractivity contribution in [1.29, 1.82) is 0 Å². The van der Waals surface area contributed by atoms with Crippen LogP contribution < -0.4 is 5.32 Å². The number of rotatable bonds is 8. The summed E-state index contributed by atoms with van der Waals surface area (Å²) in [5, 5.41) is 3.55. The molecule has 0 heterocycles. The topological polar surface area (TPSA) is 24.5 Å². The van der Waals surface area contributed by atoms with Crippen molar-refractivity contribution in [2.45, 2.75) is 32.7 Å². The van der Waals surface area contributed by atoms with Crippen LogP contribution in [0.5, 0.6) is 0 Å². The molecule has 0 aromatic heterocycles. The molecule has 0 aromatic rings. The molecule has 96 valence electrons. The molecule has 0 unspecified atom stereocenters. The highest BCUT2D eigenvalue weighted by Gasteiger charge is 2.30. The van der Waals surface area contributed by atoms with Gasteiger partial charge in [0.2, 0.25) is 0 Å². The van der Waals surface area contributed by atoms with Gasteiger partial charge in [-0.05, 0) is 38.8 Å². The number of likely N-dealkylation sites (N-methyl/N-ethyl adjacent to an activating group) is 1. The van der Waals surface area contributed by atoms with Gasteiger partial charge in [-0.25, -0.2) is 0 Å². The van der Waals surface area contributed by atoms with Crippen molar-refractivity contribution in [3.05, 3.63) is 0 Å². The Labute approximate surface area is 101 Å². The van der Waals surface area contributed by atoms with E-state index < -0.39 is 0 Å². The van der Waals surface area contributed by atoms with E-state index in [0.717, 1.165) is 44.2 Å². The van der Waals surface area contributed by atoms with Gasteiger partial charge in [-0.2, -0.15) is 0 Å². The molecule has 16 heavy (non-hydrogen) atoms. The number of nitrogens with one attached hydrogen (secondary N) is 1. The third-order valence-corrected chi connectivity index (χ3v) is 3.48. The van der Waals surface area contributed by atoms with E-state index in [0.29, 0.717) is 0 Å². The quantitative estimate of drug-likeness (QED) is 0.639. The standard InChI is InChI=1S/C13H28N2O/c1-11(2)12-9-13(10-12)14-5-7-16-8-6-15(3)4/h11-14H,5-10H2,1-4H3. The maximum absolute atomic E-state index is 5.53. The normalized spacial score (nSPS) is 25.1. The van der Waals surface area contributed by atoms with Crippen LogP contribution in [0.2, 0.25) is 0 Å². The molecule has 3 heteroatoms.